The van der Waals surface area contributed by atoms with Crippen molar-refractivity contribution in [2.45, 2.75) is 72.6 Å². The molecule has 0 radical (unpaired) electrons. The lowest BCUT2D eigenvalue weighted by Crippen LogP contribution is -2.54. The van der Waals surface area contributed by atoms with Crippen molar-refractivity contribution in [1.82, 2.24) is 15.5 Å². The van der Waals surface area contributed by atoms with E-state index in [1.54, 1.807) is 40.7 Å². The van der Waals surface area contributed by atoms with Gasteiger partial charge in [-0.1, -0.05) is 18.2 Å². The maximum absolute atomic E-state index is 13.5. The number of carbonyl (C=O) groups is 4. The third kappa shape index (κ3) is 9.43. The molecule has 0 saturated carbocycles. The summed E-state index contributed by atoms with van der Waals surface area (Å²) in [5, 5.41) is 5.31. The summed E-state index contributed by atoms with van der Waals surface area (Å²) in [5.74, 6) is -1.32. The molecule has 2 atom stereocenters. The highest BCUT2D eigenvalue weighted by Crippen LogP contribution is 2.27. The van der Waals surface area contributed by atoms with Crippen molar-refractivity contribution >= 4 is 36.5 Å². The predicted octanol–water partition coefficient (Wildman–Crippen LogP) is 3.09. The minimum atomic E-state index is -1.01. The Bertz CT molecular complexity index is 900. The first-order valence-electron chi connectivity index (χ1n) is 11.8. The lowest BCUT2D eigenvalue weighted by Gasteiger charge is -2.34. The van der Waals surface area contributed by atoms with E-state index in [-0.39, 0.29) is 31.9 Å². The van der Waals surface area contributed by atoms with Gasteiger partial charge in [-0.3, -0.25) is 14.4 Å². The van der Waals surface area contributed by atoms with Crippen molar-refractivity contribution in [1.29, 1.82) is 0 Å². The Labute approximate surface area is 213 Å². The molecule has 0 aliphatic carbocycles. The summed E-state index contributed by atoms with van der Waals surface area (Å²) in [6.45, 7) is 13.0. The van der Waals surface area contributed by atoms with E-state index in [0.29, 0.717) is 5.56 Å². The van der Waals surface area contributed by atoms with Crippen LogP contribution in [0.15, 0.2) is 18.2 Å². The molecule has 0 bridgehead atoms. The minimum Gasteiger partial charge on any atom is -0.466 e. The van der Waals surface area contributed by atoms with Gasteiger partial charge in [-0.2, -0.15) is 12.6 Å². The van der Waals surface area contributed by atoms with Crippen molar-refractivity contribution in [2.24, 2.45) is 0 Å². The van der Waals surface area contributed by atoms with Gasteiger partial charge >= 0.3 is 12.1 Å². The van der Waals surface area contributed by atoms with Crippen molar-refractivity contribution in [2.75, 3.05) is 25.4 Å². The average Bonchev–Trinajstić information content (AvgIpc) is 2.76. The molecule has 196 valence electrons. The van der Waals surface area contributed by atoms with Crippen molar-refractivity contribution in [3.05, 3.63) is 34.9 Å². The number of aryl methyl sites for hydroxylation is 1. The van der Waals surface area contributed by atoms with E-state index in [1.807, 2.05) is 26.0 Å². The van der Waals surface area contributed by atoms with Crippen molar-refractivity contribution in [3.63, 3.8) is 0 Å². The first-order valence-corrected chi connectivity index (χ1v) is 12.4. The molecule has 1 aromatic carbocycles. The topological polar surface area (TPSA) is 114 Å². The van der Waals surface area contributed by atoms with Crippen LogP contribution in [0.5, 0.6) is 0 Å². The fourth-order valence-corrected chi connectivity index (χ4v) is 3.69. The molecule has 9 nitrogen and oxygen atoms in total. The zero-order valence-electron chi connectivity index (χ0n) is 21.8. The van der Waals surface area contributed by atoms with Crippen LogP contribution in [0.3, 0.4) is 0 Å². The third-order valence-corrected chi connectivity index (χ3v) is 5.60. The van der Waals surface area contributed by atoms with Crippen LogP contribution in [0.1, 0.15) is 63.8 Å². The predicted molar refractivity (Wildman–Crippen MR) is 137 cm³/mol. The number of nitrogens with zero attached hydrogens (tertiary/aromatic N) is 1. The first kappa shape index (κ1) is 30.3. The molecule has 0 fully saturated rings. The minimum absolute atomic E-state index is 0.0125. The highest BCUT2D eigenvalue weighted by molar-refractivity contribution is 7.80. The lowest BCUT2D eigenvalue weighted by atomic mass is 9.95. The molecule has 35 heavy (non-hydrogen) atoms. The van der Waals surface area contributed by atoms with Crippen molar-refractivity contribution in [3.8, 4) is 0 Å². The SMILES string of the molecule is CCOC(=O)CCNC(=O)C(c1cccc(C)c1C)N(CC)C(=O)C(CS)NC(=O)OC(C)(C)C. The van der Waals surface area contributed by atoms with Crippen LogP contribution in [-0.4, -0.2) is 65.9 Å². The number of carbonyl (C=O) groups excluding carboxylic acids is 4. The molecular weight excluding hydrogens is 470 g/mol. The zero-order valence-corrected chi connectivity index (χ0v) is 22.7. The van der Waals surface area contributed by atoms with Crippen LogP contribution in [0.4, 0.5) is 4.79 Å². The fraction of sp³-hybridized carbons (Fsp3) is 0.600. The van der Waals surface area contributed by atoms with Gasteiger partial charge in [0.15, 0.2) is 0 Å². The number of ether oxygens (including phenoxy) is 2. The van der Waals surface area contributed by atoms with E-state index < -0.39 is 41.6 Å². The Kier molecular flexibility index (Phi) is 12.1. The molecule has 2 N–H and O–H groups in total. The quantitative estimate of drug-likeness (QED) is 0.312. The molecule has 0 aliphatic heterocycles. The molecule has 3 amide bonds. The van der Waals surface area contributed by atoms with Crippen LogP contribution in [-0.2, 0) is 23.9 Å². The highest BCUT2D eigenvalue weighted by Gasteiger charge is 2.35. The Morgan fingerprint density at radius 1 is 1.11 bits per heavy atom. The van der Waals surface area contributed by atoms with E-state index >= 15 is 0 Å². The fourth-order valence-electron chi connectivity index (χ4n) is 3.44. The summed E-state index contributed by atoms with van der Waals surface area (Å²) in [6.07, 6.45) is -0.735. The smallest absolute Gasteiger partial charge is 0.408 e. The molecule has 10 heteroatoms. The number of likely N-dealkylation sites (N-methyl/N-ethyl adjacent to an activating group) is 1. The van der Waals surface area contributed by atoms with Crippen LogP contribution in [0.2, 0.25) is 0 Å². The van der Waals surface area contributed by atoms with E-state index in [2.05, 4.69) is 23.3 Å². The van der Waals surface area contributed by atoms with Gasteiger partial charge in [-0.05, 0) is 65.2 Å². The number of hydrogen-bond donors (Lipinski definition) is 3. The van der Waals surface area contributed by atoms with Crippen LogP contribution in [0, 0.1) is 13.8 Å². The van der Waals surface area contributed by atoms with Crippen LogP contribution >= 0.6 is 12.6 Å². The molecule has 1 rings (SSSR count). The monoisotopic (exact) mass is 509 g/mol. The molecular formula is C25H39N3O6S. The van der Waals surface area contributed by atoms with Crippen LogP contribution < -0.4 is 10.6 Å². The second kappa shape index (κ2) is 14.0. The van der Waals surface area contributed by atoms with Gasteiger partial charge in [0.25, 0.3) is 0 Å². The average molecular weight is 510 g/mol. The van der Waals surface area contributed by atoms with E-state index in [0.717, 1.165) is 11.1 Å². The van der Waals surface area contributed by atoms with Gasteiger partial charge in [0.1, 0.15) is 17.7 Å². The highest BCUT2D eigenvalue weighted by atomic mass is 32.1. The lowest BCUT2D eigenvalue weighted by molar-refractivity contribution is -0.144. The second-order valence-corrected chi connectivity index (χ2v) is 9.41. The van der Waals surface area contributed by atoms with Gasteiger partial charge in [-0.25, -0.2) is 4.79 Å². The van der Waals surface area contributed by atoms with Gasteiger partial charge in [0, 0.05) is 18.8 Å². The number of hydrogen-bond acceptors (Lipinski definition) is 7. The molecule has 0 aromatic heterocycles. The Hall–Kier alpha value is -2.75. The van der Waals surface area contributed by atoms with Gasteiger partial charge in [-0.15, -0.1) is 0 Å². The number of benzene rings is 1. The van der Waals surface area contributed by atoms with E-state index in [1.165, 1.54) is 4.90 Å². The van der Waals surface area contributed by atoms with Crippen LogP contribution in [0.25, 0.3) is 0 Å². The first-order chi connectivity index (χ1) is 16.4. The summed E-state index contributed by atoms with van der Waals surface area (Å²) < 4.78 is 10.2. The molecule has 0 spiro atoms. The summed E-state index contributed by atoms with van der Waals surface area (Å²) in [4.78, 5) is 52.3. The number of thiol groups is 1. The normalized spacial score (nSPS) is 12.8. The third-order valence-electron chi connectivity index (χ3n) is 5.23. The maximum Gasteiger partial charge on any atom is 0.408 e. The van der Waals surface area contributed by atoms with E-state index in [9.17, 15) is 19.2 Å². The molecule has 0 saturated heterocycles. The maximum atomic E-state index is 13.5. The summed E-state index contributed by atoms with van der Waals surface area (Å²) in [6, 6.07) is 3.56. The molecule has 0 heterocycles. The number of esters is 1. The Morgan fingerprint density at radius 2 is 1.77 bits per heavy atom. The Balaban J connectivity index is 3.25. The van der Waals surface area contributed by atoms with Gasteiger partial charge in [0.2, 0.25) is 11.8 Å². The molecule has 0 aliphatic rings. The van der Waals surface area contributed by atoms with Crippen molar-refractivity contribution < 1.29 is 28.7 Å². The molecule has 1 aromatic rings. The van der Waals surface area contributed by atoms with Gasteiger partial charge in [0.05, 0.1) is 13.0 Å². The summed E-state index contributed by atoms with van der Waals surface area (Å²) in [7, 11) is 0. The number of alkyl carbamates (subject to hydrolysis) is 1. The number of rotatable bonds is 11. The molecule has 2 unspecified atom stereocenters. The standard InChI is InChI=1S/C25H39N3O6S/c1-8-28(23(31)19(15-35)27-24(32)34-25(5,6)7)21(18-12-10-11-16(3)17(18)4)22(30)26-14-13-20(29)33-9-2/h10-12,19,21,35H,8-9,13-15H2,1-7H3,(H,26,30)(H,27,32). The van der Waals surface area contributed by atoms with E-state index in [4.69, 9.17) is 9.47 Å². The second-order valence-electron chi connectivity index (χ2n) is 9.04. The zero-order chi connectivity index (χ0) is 26.8. The summed E-state index contributed by atoms with van der Waals surface area (Å²) >= 11 is 4.25. The van der Waals surface area contributed by atoms with Gasteiger partial charge < -0.3 is 25.0 Å². The number of nitrogens with one attached hydrogen (secondary N) is 2. The Morgan fingerprint density at radius 3 is 2.31 bits per heavy atom. The largest absolute Gasteiger partial charge is 0.466 e. The number of amides is 3. The summed E-state index contributed by atoms with van der Waals surface area (Å²) in [5.41, 5.74) is 1.75.